The van der Waals surface area contributed by atoms with Crippen molar-refractivity contribution in [1.82, 2.24) is 5.32 Å². The van der Waals surface area contributed by atoms with Gasteiger partial charge in [-0.3, -0.25) is 4.21 Å². The highest BCUT2D eigenvalue weighted by atomic mass is 32.2. The number of ether oxygens (including phenoxy) is 1. The summed E-state index contributed by atoms with van der Waals surface area (Å²) in [5.41, 5.74) is 0. The standard InChI is InChI=1S/C14H27NO2S/c1-2-15-14(12-5-3-4-6-12)11-18(16)13-7-9-17-10-8-13/h12-15H,2-11H2,1H3. The van der Waals surface area contributed by atoms with Gasteiger partial charge in [0.1, 0.15) is 0 Å². The SMILES string of the molecule is CCNC(CS(=O)C1CCOCC1)C1CCCC1. The highest BCUT2D eigenvalue weighted by Crippen LogP contribution is 2.28. The molecule has 18 heavy (non-hydrogen) atoms. The van der Waals surface area contributed by atoms with Gasteiger partial charge in [0.05, 0.1) is 0 Å². The molecule has 2 rings (SSSR count). The first kappa shape index (κ1) is 14.5. The van der Waals surface area contributed by atoms with Crippen LogP contribution in [0.3, 0.4) is 0 Å². The van der Waals surface area contributed by atoms with Crippen LogP contribution in [0.15, 0.2) is 0 Å². The molecule has 0 aromatic heterocycles. The Morgan fingerprint density at radius 2 is 1.89 bits per heavy atom. The van der Waals surface area contributed by atoms with Crippen LogP contribution < -0.4 is 5.32 Å². The van der Waals surface area contributed by atoms with Crippen molar-refractivity contribution in [2.45, 2.75) is 56.7 Å². The van der Waals surface area contributed by atoms with E-state index in [0.29, 0.717) is 11.3 Å². The third-order valence-electron chi connectivity index (χ3n) is 4.32. The fraction of sp³-hybridized carbons (Fsp3) is 1.00. The smallest absolute Gasteiger partial charge is 0.0477 e. The minimum absolute atomic E-state index is 0.376. The Morgan fingerprint density at radius 1 is 1.22 bits per heavy atom. The molecule has 0 spiro atoms. The van der Waals surface area contributed by atoms with Crippen LogP contribution in [-0.2, 0) is 15.5 Å². The van der Waals surface area contributed by atoms with Gasteiger partial charge >= 0.3 is 0 Å². The van der Waals surface area contributed by atoms with Crippen LogP contribution in [0.4, 0.5) is 0 Å². The predicted octanol–water partition coefficient (Wildman–Crippen LogP) is 2.08. The highest BCUT2D eigenvalue weighted by molar-refractivity contribution is 7.85. The fourth-order valence-electron chi connectivity index (χ4n) is 3.24. The second-order valence-electron chi connectivity index (χ2n) is 5.57. The van der Waals surface area contributed by atoms with Crippen LogP contribution in [0, 0.1) is 5.92 Å². The third-order valence-corrected chi connectivity index (χ3v) is 6.22. The van der Waals surface area contributed by atoms with Crippen LogP contribution in [0.25, 0.3) is 0 Å². The van der Waals surface area contributed by atoms with E-state index in [1.54, 1.807) is 0 Å². The first-order valence-electron chi connectivity index (χ1n) is 7.49. The van der Waals surface area contributed by atoms with Crippen molar-refractivity contribution in [2.75, 3.05) is 25.5 Å². The maximum Gasteiger partial charge on any atom is 0.0477 e. The van der Waals surface area contributed by atoms with E-state index in [0.717, 1.165) is 44.3 Å². The normalized spacial score (nSPS) is 26.3. The zero-order valence-electron chi connectivity index (χ0n) is 11.5. The molecule has 2 atom stereocenters. The van der Waals surface area contributed by atoms with Gasteiger partial charge in [-0.2, -0.15) is 0 Å². The maximum atomic E-state index is 12.5. The number of rotatable bonds is 6. The van der Waals surface area contributed by atoms with Crippen LogP contribution in [-0.4, -0.2) is 41.0 Å². The molecule has 2 unspecified atom stereocenters. The quantitative estimate of drug-likeness (QED) is 0.805. The lowest BCUT2D eigenvalue weighted by Crippen LogP contribution is -2.42. The van der Waals surface area contributed by atoms with E-state index >= 15 is 0 Å². The van der Waals surface area contributed by atoms with E-state index < -0.39 is 10.8 Å². The minimum atomic E-state index is -0.677. The summed E-state index contributed by atoms with van der Waals surface area (Å²) in [6.07, 6.45) is 7.32. The molecule has 0 radical (unpaired) electrons. The fourth-order valence-corrected chi connectivity index (χ4v) is 4.97. The van der Waals surface area contributed by atoms with Crippen LogP contribution in [0.1, 0.15) is 45.4 Å². The van der Waals surface area contributed by atoms with E-state index in [1.807, 2.05) is 0 Å². The first-order chi connectivity index (χ1) is 8.81. The zero-order valence-corrected chi connectivity index (χ0v) is 12.3. The molecule has 2 fully saturated rings. The highest BCUT2D eigenvalue weighted by Gasteiger charge is 2.28. The van der Waals surface area contributed by atoms with Gasteiger partial charge in [0.25, 0.3) is 0 Å². The van der Waals surface area contributed by atoms with Gasteiger partial charge in [0.2, 0.25) is 0 Å². The van der Waals surface area contributed by atoms with Crippen molar-refractivity contribution in [3.8, 4) is 0 Å². The number of hydrogen-bond donors (Lipinski definition) is 1. The molecule has 4 heteroatoms. The number of nitrogens with one attached hydrogen (secondary N) is 1. The summed E-state index contributed by atoms with van der Waals surface area (Å²) in [5, 5.41) is 3.95. The van der Waals surface area contributed by atoms with E-state index in [9.17, 15) is 4.21 Å². The Labute approximate surface area is 114 Å². The van der Waals surface area contributed by atoms with Crippen molar-refractivity contribution in [3.63, 3.8) is 0 Å². The molecule has 0 amide bonds. The summed E-state index contributed by atoms with van der Waals surface area (Å²) in [6, 6.07) is 0.473. The molecule has 1 N–H and O–H groups in total. The molecule has 3 nitrogen and oxygen atoms in total. The lowest BCUT2D eigenvalue weighted by molar-refractivity contribution is 0.0991. The molecule has 1 saturated heterocycles. The molecule has 0 aromatic rings. The summed E-state index contributed by atoms with van der Waals surface area (Å²) in [5.74, 6) is 1.61. The maximum absolute atomic E-state index is 12.5. The topological polar surface area (TPSA) is 38.3 Å². The average Bonchev–Trinajstić information content (AvgIpc) is 2.93. The summed E-state index contributed by atoms with van der Waals surface area (Å²) >= 11 is 0. The third kappa shape index (κ3) is 4.04. The second kappa shape index (κ2) is 7.61. The van der Waals surface area contributed by atoms with E-state index in [-0.39, 0.29) is 0 Å². The van der Waals surface area contributed by atoms with E-state index in [4.69, 9.17) is 4.74 Å². The molecular formula is C14H27NO2S. The van der Waals surface area contributed by atoms with E-state index in [2.05, 4.69) is 12.2 Å². The van der Waals surface area contributed by atoms with Gasteiger partial charge < -0.3 is 10.1 Å². The largest absolute Gasteiger partial charge is 0.381 e. The van der Waals surface area contributed by atoms with Crippen molar-refractivity contribution in [1.29, 1.82) is 0 Å². The molecule has 1 saturated carbocycles. The van der Waals surface area contributed by atoms with Crippen LogP contribution in [0.5, 0.6) is 0 Å². The molecular weight excluding hydrogens is 246 g/mol. The van der Waals surface area contributed by atoms with Crippen LogP contribution in [0.2, 0.25) is 0 Å². The molecule has 1 aliphatic heterocycles. The average molecular weight is 273 g/mol. The predicted molar refractivity (Wildman–Crippen MR) is 76.3 cm³/mol. The lowest BCUT2D eigenvalue weighted by Gasteiger charge is -2.27. The van der Waals surface area contributed by atoms with Gasteiger partial charge in [0.15, 0.2) is 0 Å². The zero-order chi connectivity index (χ0) is 12.8. The van der Waals surface area contributed by atoms with E-state index in [1.165, 1.54) is 25.7 Å². The van der Waals surface area contributed by atoms with Gasteiger partial charge in [-0.15, -0.1) is 0 Å². The second-order valence-corrected chi connectivity index (χ2v) is 7.33. The summed E-state index contributed by atoms with van der Waals surface area (Å²) < 4.78 is 17.8. The van der Waals surface area contributed by atoms with Crippen molar-refractivity contribution in [3.05, 3.63) is 0 Å². The van der Waals surface area contributed by atoms with Gasteiger partial charge in [-0.1, -0.05) is 19.8 Å². The van der Waals surface area contributed by atoms with Crippen molar-refractivity contribution in [2.24, 2.45) is 5.92 Å². The Morgan fingerprint density at radius 3 is 2.50 bits per heavy atom. The number of hydrogen-bond acceptors (Lipinski definition) is 3. The molecule has 106 valence electrons. The van der Waals surface area contributed by atoms with Gasteiger partial charge in [0, 0.05) is 41.1 Å². The molecule has 1 aliphatic carbocycles. The molecule has 2 aliphatic rings. The lowest BCUT2D eigenvalue weighted by atomic mass is 10.00. The van der Waals surface area contributed by atoms with Gasteiger partial charge in [-0.05, 0) is 38.1 Å². The van der Waals surface area contributed by atoms with Gasteiger partial charge in [-0.25, -0.2) is 0 Å². The molecule has 0 aromatic carbocycles. The van der Waals surface area contributed by atoms with Crippen LogP contribution >= 0.6 is 0 Å². The Bertz CT molecular complexity index is 261. The molecule has 1 heterocycles. The minimum Gasteiger partial charge on any atom is -0.381 e. The monoisotopic (exact) mass is 273 g/mol. The first-order valence-corrected chi connectivity index (χ1v) is 8.87. The summed E-state index contributed by atoms with van der Waals surface area (Å²) in [7, 11) is -0.677. The molecule has 0 bridgehead atoms. The Hall–Kier alpha value is 0.0700. The Kier molecular flexibility index (Phi) is 6.12. The summed E-state index contributed by atoms with van der Waals surface area (Å²) in [6.45, 7) is 4.74. The van der Waals surface area contributed by atoms with Crippen molar-refractivity contribution < 1.29 is 8.95 Å². The Balaban J connectivity index is 1.84. The summed E-state index contributed by atoms with van der Waals surface area (Å²) in [4.78, 5) is 0. The van der Waals surface area contributed by atoms with Crippen molar-refractivity contribution >= 4 is 10.8 Å².